The molecule has 0 unspecified atom stereocenters. The second-order valence-corrected chi connectivity index (χ2v) is 4.35. The Balaban J connectivity index is 2.09. The van der Waals surface area contributed by atoms with Crippen molar-refractivity contribution >= 4 is 28.9 Å². The van der Waals surface area contributed by atoms with E-state index >= 15 is 0 Å². The molecular weight excluding hydrogens is 264 g/mol. The first-order valence-electron chi connectivity index (χ1n) is 5.90. The zero-order chi connectivity index (χ0) is 14.3. The quantitative estimate of drug-likeness (QED) is 0.819. The first-order valence-corrected chi connectivity index (χ1v) is 5.90. The summed E-state index contributed by atoms with van der Waals surface area (Å²) in [6.45, 7) is -0.194. The number of carbonyl (C=O) groups is 3. The van der Waals surface area contributed by atoms with E-state index in [1.54, 1.807) is 24.3 Å². The van der Waals surface area contributed by atoms with Crippen LogP contribution in [-0.2, 0) is 11.3 Å². The number of furan rings is 1. The Morgan fingerprint density at radius 3 is 2.75 bits per heavy atom. The van der Waals surface area contributed by atoms with Crippen molar-refractivity contribution < 1.29 is 23.9 Å². The van der Waals surface area contributed by atoms with E-state index in [2.05, 4.69) is 5.32 Å². The number of carbonyl (C=O) groups excluding carboxylic acids is 2. The lowest BCUT2D eigenvalue weighted by molar-refractivity contribution is -0.125. The third-order valence-corrected chi connectivity index (χ3v) is 3.15. The maximum Gasteiger partial charge on any atom is 0.372 e. The predicted octanol–water partition coefficient (Wildman–Crippen LogP) is 1.18. The number of hydrogen-bond donors (Lipinski definition) is 2. The molecule has 20 heavy (non-hydrogen) atoms. The zero-order valence-corrected chi connectivity index (χ0v) is 10.3. The molecule has 3 rings (SSSR count). The van der Waals surface area contributed by atoms with Gasteiger partial charge in [0.2, 0.25) is 11.7 Å². The van der Waals surface area contributed by atoms with Crippen LogP contribution in [0.25, 0.3) is 11.0 Å². The van der Waals surface area contributed by atoms with Crippen LogP contribution in [-0.4, -0.2) is 34.5 Å². The number of nitrogens with one attached hydrogen (secondary N) is 1. The topological polar surface area (TPSA) is 99.8 Å². The Kier molecular flexibility index (Phi) is 2.67. The van der Waals surface area contributed by atoms with Gasteiger partial charge in [-0.25, -0.2) is 9.59 Å². The van der Waals surface area contributed by atoms with Crippen molar-refractivity contribution in [3.05, 3.63) is 35.6 Å². The fraction of sp³-hybridized carbons (Fsp3) is 0.154. The molecule has 3 amide bonds. The van der Waals surface area contributed by atoms with E-state index in [-0.39, 0.29) is 18.8 Å². The monoisotopic (exact) mass is 274 g/mol. The number of nitrogens with zero attached hydrogens (tertiary/aromatic N) is 1. The largest absolute Gasteiger partial charge is 0.475 e. The molecule has 1 aliphatic rings. The minimum absolute atomic E-state index is 0.0724. The first-order chi connectivity index (χ1) is 9.58. The van der Waals surface area contributed by atoms with Crippen molar-refractivity contribution in [3.63, 3.8) is 0 Å². The van der Waals surface area contributed by atoms with Gasteiger partial charge in [-0.1, -0.05) is 18.2 Å². The third kappa shape index (κ3) is 1.80. The van der Waals surface area contributed by atoms with Gasteiger partial charge in [-0.15, -0.1) is 0 Å². The number of urea groups is 1. The molecule has 2 heterocycles. The number of para-hydroxylation sites is 1. The second kappa shape index (κ2) is 4.37. The van der Waals surface area contributed by atoms with Gasteiger partial charge in [0.05, 0.1) is 13.1 Å². The molecule has 2 aromatic rings. The molecule has 0 spiro atoms. The van der Waals surface area contributed by atoms with Crippen LogP contribution in [0.3, 0.4) is 0 Å². The molecule has 0 saturated carbocycles. The van der Waals surface area contributed by atoms with Gasteiger partial charge in [-0.3, -0.25) is 9.69 Å². The van der Waals surface area contributed by atoms with E-state index < -0.39 is 17.9 Å². The molecule has 0 bridgehead atoms. The van der Waals surface area contributed by atoms with Gasteiger partial charge in [0, 0.05) is 10.9 Å². The van der Waals surface area contributed by atoms with Crippen molar-refractivity contribution in [3.8, 4) is 0 Å². The molecule has 1 aromatic heterocycles. The van der Waals surface area contributed by atoms with Crippen molar-refractivity contribution in [1.82, 2.24) is 10.2 Å². The van der Waals surface area contributed by atoms with Crippen LogP contribution < -0.4 is 5.32 Å². The lowest BCUT2D eigenvalue weighted by Crippen LogP contribution is -2.30. The lowest BCUT2D eigenvalue weighted by Gasteiger charge is -2.11. The Bertz CT molecular complexity index is 717. The van der Waals surface area contributed by atoms with Crippen molar-refractivity contribution in [2.75, 3.05) is 6.54 Å². The Morgan fingerprint density at radius 2 is 2.10 bits per heavy atom. The summed E-state index contributed by atoms with van der Waals surface area (Å²) in [5.74, 6) is -1.88. The highest BCUT2D eigenvalue weighted by molar-refractivity contribution is 6.03. The number of hydrogen-bond acceptors (Lipinski definition) is 4. The van der Waals surface area contributed by atoms with E-state index in [0.29, 0.717) is 16.5 Å². The van der Waals surface area contributed by atoms with Gasteiger partial charge in [0.25, 0.3) is 0 Å². The molecule has 0 aliphatic carbocycles. The van der Waals surface area contributed by atoms with E-state index in [9.17, 15) is 19.5 Å². The van der Waals surface area contributed by atoms with E-state index in [1.165, 1.54) is 0 Å². The molecular formula is C13H10N2O5. The smallest absolute Gasteiger partial charge is 0.372 e. The minimum Gasteiger partial charge on any atom is -0.475 e. The van der Waals surface area contributed by atoms with Crippen LogP contribution in [0.15, 0.2) is 28.7 Å². The standard InChI is InChI=1S/C13H10N2O5/c16-10-5-14-13(19)15(10)6-8-7-3-1-2-4-9(7)20-11(8)12(17)18/h1-4H,5-6H2,(H,14,19)(H,17,18). The molecule has 1 aromatic carbocycles. The number of carboxylic acids is 1. The van der Waals surface area contributed by atoms with Crippen molar-refractivity contribution in [1.29, 1.82) is 0 Å². The van der Waals surface area contributed by atoms with Gasteiger partial charge >= 0.3 is 12.0 Å². The van der Waals surface area contributed by atoms with Gasteiger partial charge in [-0.2, -0.15) is 0 Å². The molecule has 1 fully saturated rings. The van der Waals surface area contributed by atoms with E-state index in [1.807, 2.05) is 0 Å². The minimum atomic E-state index is -1.23. The number of amides is 3. The van der Waals surface area contributed by atoms with Crippen molar-refractivity contribution in [2.45, 2.75) is 6.54 Å². The highest BCUT2D eigenvalue weighted by atomic mass is 16.4. The number of imide groups is 1. The van der Waals surface area contributed by atoms with E-state index in [4.69, 9.17) is 4.42 Å². The average molecular weight is 274 g/mol. The lowest BCUT2D eigenvalue weighted by atomic mass is 10.1. The van der Waals surface area contributed by atoms with Crippen molar-refractivity contribution in [2.24, 2.45) is 0 Å². The fourth-order valence-corrected chi connectivity index (χ4v) is 2.20. The number of aromatic carboxylic acids is 1. The summed E-state index contributed by atoms with van der Waals surface area (Å²) in [5, 5.41) is 12.1. The van der Waals surface area contributed by atoms with Crippen LogP contribution in [0.1, 0.15) is 16.1 Å². The van der Waals surface area contributed by atoms with Gasteiger partial charge in [0.1, 0.15) is 5.58 Å². The molecule has 2 N–H and O–H groups in total. The summed E-state index contributed by atoms with van der Waals surface area (Å²) in [7, 11) is 0. The highest BCUT2D eigenvalue weighted by Gasteiger charge is 2.31. The summed E-state index contributed by atoms with van der Waals surface area (Å²) >= 11 is 0. The molecule has 7 nitrogen and oxygen atoms in total. The molecule has 102 valence electrons. The molecule has 0 atom stereocenters. The van der Waals surface area contributed by atoms with Gasteiger partial charge in [-0.05, 0) is 6.07 Å². The first kappa shape index (κ1) is 12.2. The maximum absolute atomic E-state index is 11.6. The predicted molar refractivity (Wildman–Crippen MR) is 67.1 cm³/mol. The van der Waals surface area contributed by atoms with Gasteiger partial charge < -0.3 is 14.8 Å². The number of benzene rings is 1. The number of rotatable bonds is 3. The summed E-state index contributed by atoms with van der Waals surface area (Å²) in [4.78, 5) is 35.3. The zero-order valence-electron chi connectivity index (χ0n) is 10.3. The number of carboxylic acid groups (broad SMARTS) is 1. The van der Waals surface area contributed by atoms with Crippen LogP contribution in [0, 0.1) is 0 Å². The van der Waals surface area contributed by atoms with Gasteiger partial charge in [0.15, 0.2) is 0 Å². The third-order valence-electron chi connectivity index (χ3n) is 3.15. The van der Waals surface area contributed by atoms with Crippen LogP contribution in [0.4, 0.5) is 4.79 Å². The fourth-order valence-electron chi connectivity index (χ4n) is 2.20. The SMILES string of the molecule is O=C(O)c1oc2ccccc2c1CN1C(=O)CNC1=O. The average Bonchev–Trinajstić information content (AvgIpc) is 2.94. The Morgan fingerprint density at radius 1 is 1.35 bits per heavy atom. The van der Waals surface area contributed by atoms with Crippen LogP contribution in [0.5, 0.6) is 0 Å². The number of fused-ring (bicyclic) bond motifs is 1. The normalized spacial score (nSPS) is 14.9. The highest BCUT2D eigenvalue weighted by Crippen LogP contribution is 2.27. The maximum atomic E-state index is 11.6. The molecule has 1 saturated heterocycles. The second-order valence-electron chi connectivity index (χ2n) is 4.35. The van der Waals surface area contributed by atoms with Crippen LogP contribution >= 0.6 is 0 Å². The Hall–Kier alpha value is -2.83. The van der Waals surface area contributed by atoms with E-state index in [0.717, 1.165) is 4.90 Å². The summed E-state index contributed by atoms with van der Waals surface area (Å²) in [6, 6.07) is 6.25. The Labute approximate surface area is 112 Å². The molecule has 7 heteroatoms. The van der Waals surface area contributed by atoms with Crippen LogP contribution in [0.2, 0.25) is 0 Å². The molecule has 1 aliphatic heterocycles. The summed E-state index contributed by atoms with van der Waals surface area (Å²) in [6.07, 6.45) is 0. The summed E-state index contributed by atoms with van der Waals surface area (Å²) < 4.78 is 5.27. The summed E-state index contributed by atoms with van der Waals surface area (Å²) in [5.41, 5.74) is 0.727. The molecule has 0 radical (unpaired) electrons.